The summed E-state index contributed by atoms with van der Waals surface area (Å²) in [5.41, 5.74) is 5.11. The molecular formula is C26H21ClN2O3. The third kappa shape index (κ3) is 4.79. The van der Waals surface area contributed by atoms with E-state index in [0.717, 1.165) is 16.7 Å². The number of para-hydroxylation sites is 1. The van der Waals surface area contributed by atoms with E-state index in [0.29, 0.717) is 32.9 Å². The predicted octanol–water partition coefficient (Wildman–Crippen LogP) is 5.97. The Morgan fingerprint density at radius 2 is 1.72 bits per heavy atom. The number of carbonyl (C=O) groups excluding carboxylic acids is 2. The Balaban J connectivity index is 1.56. The second kappa shape index (κ2) is 9.20. The van der Waals surface area contributed by atoms with Crippen molar-refractivity contribution in [3.05, 3.63) is 94.5 Å². The number of benzene rings is 3. The number of rotatable bonds is 5. The average molecular weight is 445 g/mol. The zero-order valence-corrected chi connectivity index (χ0v) is 18.4. The first-order valence-corrected chi connectivity index (χ1v) is 10.5. The molecule has 32 heavy (non-hydrogen) atoms. The molecule has 0 atom stereocenters. The highest BCUT2D eigenvalue weighted by Crippen LogP contribution is 2.26. The predicted molar refractivity (Wildman–Crippen MR) is 127 cm³/mol. The molecule has 0 aliphatic heterocycles. The highest BCUT2D eigenvalue weighted by Gasteiger charge is 2.17. The maximum atomic E-state index is 12.9. The SMILES string of the molecule is Cc1ccc(C)c(NC(=O)COC(=O)c2cc(-c3ccc(Cl)cc3)nc3ccccc23)c1. The van der Waals surface area contributed by atoms with Gasteiger partial charge in [-0.1, -0.05) is 54.1 Å². The number of nitrogens with zero attached hydrogens (tertiary/aromatic N) is 1. The fourth-order valence-electron chi connectivity index (χ4n) is 3.38. The number of fused-ring (bicyclic) bond motifs is 1. The van der Waals surface area contributed by atoms with Crippen LogP contribution in [0.25, 0.3) is 22.2 Å². The lowest BCUT2D eigenvalue weighted by Gasteiger charge is -2.12. The lowest BCUT2D eigenvalue weighted by Crippen LogP contribution is -2.21. The summed E-state index contributed by atoms with van der Waals surface area (Å²) in [6, 6.07) is 22.0. The van der Waals surface area contributed by atoms with E-state index in [4.69, 9.17) is 16.3 Å². The Kier molecular flexibility index (Phi) is 6.19. The van der Waals surface area contributed by atoms with Crippen LogP contribution in [0.3, 0.4) is 0 Å². The summed E-state index contributed by atoms with van der Waals surface area (Å²) in [7, 11) is 0. The van der Waals surface area contributed by atoms with Crippen LogP contribution in [0.15, 0.2) is 72.8 Å². The number of aromatic nitrogens is 1. The summed E-state index contributed by atoms with van der Waals surface area (Å²) in [5, 5.41) is 4.07. The quantitative estimate of drug-likeness (QED) is 0.385. The molecule has 1 amide bonds. The standard InChI is InChI=1S/C26H21ClN2O3/c1-16-7-8-17(2)23(13-16)29-25(30)15-32-26(31)21-14-24(18-9-11-19(27)12-10-18)28-22-6-4-3-5-20(21)22/h3-14H,15H2,1-2H3,(H,29,30). The maximum absolute atomic E-state index is 12.9. The van der Waals surface area contributed by atoms with Gasteiger partial charge in [-0.25, -0.2) is 9.78 Å². The van der Waals surface area contributed by atoms with Crippen molar-refractivity contribution in [2.24, 2.45) is 0 Å². The molecule has 4 rings (SSSR count). The van der Waals surface area contributed by atoms with Gasteiger partial charge in [-0.15, -0.1) is 0 Å². The number of aryl methyl sites for hydroxylation is 2. The minimum absolute atomic E-state index is 0.347. The molecular weight excluding hydrogens is 424 g/mol. The molecule has 160 valence electrons. The molecule has 0 fully saturated rings. The summed E-state index contributed by atoms with van der Waals surface area (Å²) in [4.78, 5) is 30.0. The van der Waals surface area contributed by atoms with Gasteiger partial charge in [0.25, 0.3) is 5.91 Å². The first-order valence-electron chi connectivity index (χ1n) is 10.1. The molecule has 0 saturated carbocycles. The number of hydrogen-bond acceptors (Lipinski definition) is 4. The number of ether oxygens (including phenoxy) is 1. The van der Waals surface area contributed by atoms with E-state index < -0.39 is 11.9 Å². The van der Waals surface area contributed by atoms with E-state index in [2.05, 4.69) is 10.3 Å². The van der Waals surface area contributed by atoms with Gasteiger partial charge < -0.3 is 10.1 Å². The number of esters is 1. The van der Waals surface area contributed by atoms with Gasteiger partial charge in [-0.3, -0.25) is 4.79 Å². The van der Waals surface area contributed by atoms with Crippen LogP contribution in [0.1, 0.15) is 21.5 Å². The van der Waals surface area contributed by atoms with E-state index in [-0.39, 0.29) is 6.61 Å². The number of pyridine rings is 1. The van der Waals surface area contributed by atoms with Crippen LogP contribution in [0, 0.1) is 13.8 Å². The molecule has 1 N–H and O–H groups in total. The van der Waals surface area contributed by atoms with E-state index in [1.54, 1.807) is 24.3 Å². The fourth-order valence-corrected chi connectivity index (χ4v) is 3.50. The van der Waals surface area contributed by atoms with Crippen LogP contribution in [-0.4, -0.2) is 23.5 Å². The van der Waals surface area contributed by atoms with Crippen molar-refractivity contribution in [3.8, 4) is 11.3 Å². The Morgan fingerprint density at radius 3 is 2.50 bits per heavy atom. The number of anilines is 1. The summed E-state index contributed by atoms with van der Waals surface area (Å²) in [5.74, 6) is -0.988. The van der Waals surface area contributed by atoms with Crippen LogP contribution in [0.5, 0.6) is 0 Å². The third-order valence-corrected chi connectivity index (χ3v) is 5.33. The van der Waals surface area contributed by atoms with Crippen molar-refractivity contribution in [1.29, 1.82) is 0 Å². The van der Waals surface area contributed by atoms with E-state index in [9.17, 15) is 9.59 Å². The molecule has 1 heterocycles. The van der Waals surface area contributed by atoms with Gasteiger partial charge in [0.2, 0.25) is 0 Å². The van der Waals surface area contributed by atoms with Crippen LogP contribution >= 0.6 is 11.6 Å². The van der Waals surface area contributed by atoms with E-state index in [1.807, 2.05) is 62.4 Å². The number of halogens is 1. The lowest BCUT2D eigenvalue weighted by atomic mass is 10.0. The van der Waals surface area contributed by atoms with Gasteiger partial charge in [-0.2, -0.15) is 0 Å². The Bertz CT molecular complexity index is 1320. The first-order chi connectivity index (χ1) is 15.4. The molecule has 4 aromatic rings. The van der Waals surface area contributed by atoms with Gasteiger partial charge in [0.1, 0.15) is 0 Å². The molecule has 0 spiro atoms. The molecule has 3 aromatic carbocycles. The van der Waals surface area contributed by atoms with Crippen LogP contribution in [-0.2, 0) is 9.53 Å². The van der Waals surface area contributed by atoms with Crippen molar-refractivity contribution in [1.82, 2.24) is 4.98 Å². The Labute approximate surface area is 191 Å². The molecule has 0 radical (unpaired) electrons. The van der Waals surface area contributed by atoms with Crippen molar-refractivity contribution in [2.75, 3.05) is 11.9 Å². The van der Waals surface area contributed by atoms with Crippen LogP contribution in [0.4, 0.5) is 5.69 Å². The lowest BCUT2D eigenvalue weighted by molar-refractivity contribution is -0.119. The molecule has 0 saturated heterocycles. The Hall–Kier alpha value is -3.70. The highest BCUT2D eigenvalue weighted by atomic mass is 35.5. The first kappa shape index (κ1) is 21.5. The molecule has 0 aliphatic carbocycles. The normalized spacial score (nSPS) is 10.7. The zero-order valence-electron chi connectivity index (χ0n) is 17.7. The zero-order chi connectivity index (χ0) is 22.7. The monoisotopic (exact) mass is 444 g/mol. The second-order valence-electron chi connectivity index (χ2n) is 7.52. The van der Waals surface area contributed by atoms with E-state index >= 15 is 0 Å². The number of nitrogens with one attached hydrogen (secondary N) is 1. The van der Waals surface area contributed by atoms with E-state index in [1.165, 1.54) is 0 Å². The van der Waals surface area contributed by atoms with Gasteiger partial charge in [0.15, 0.2) is 6.61 Å². The van der Waals surface area contributed by atoms with Crippen molar-refractivity contribution in [3.63, 3.8) is 0 Å². The minimum atomic E-state index is -0.588. The molecule has 1 aromatic heterocycles. The Morgan fingerprint density at radius 1 is 0.969 bits per heavy atom. The minimum Gasteiger partial charge on any atom is -0.452 e. The number of carbonyl (C=O) groups is 2. The maximum Gasteiger partial charge on any atom is 0.339 e. The molecule has 0 unspecified atom stereocenters. The van der Waals surface area contributed by atoms with Gasteiger partial charge in [0, 0.05) is 21.7 Å². The second-order valence-corrected chi connectivity index (χ2v) is 7.96. The summed E-state index contributed by atoms with van der Waals surface area (Å²) >= 11 is 5.99. The van der Waals surface area contributed by atoms with Gasteiger partial charge in [-0.05, 0) is 55.3 Å². The van der Waals surface area contributed by atoms with Crippen molar-refractivity contribution < 1.29 is 14.3 Å². The molecule has 0 bridgehead atoms. The molecule has 6 heteroatoms. The summed E-state index contributed by atoms with van der Waals surface area (Å²) in [6.07, 6.45) is 0. The van der Waals surface area contributed by atoms with Gasteiger partial charge in [0.05, 0.1) is 16.8 Å². The van der Waals surface area contributed by atoms with Crippen LogP contribution < -0.4 is 5.32 Å². The summed E-state index contributed by atoms with van der Waals surface area (Å²) in [6.45, 7) is 3.46. The summed E-state index contributed by atoms with van der Waals surface area (Å²) < 4.78 is 5.35. The topological polar surface area (TPSA) is 68.3 Å². The number of hydrogen-bond donors (Lipinski definition) is 1. The van der Waals surface area contributed by atoms with Crippen LogP contribution in [0.2, 0.25) is 5.02 Å². The number of amides is 1. The van der Waals surface area contributed by atoms with Crippen molar-refractivity contribution >= 4 is 40.1 Å². The van der Waals surface area contributed by atoms with Crippen molar-refractivity contribution in [2.45, 2.75) is 13.8 Å². The third-order valence-electron chi connectivity index (χ3n) is 5.08. The average Bonchev–Trinajstić information content (AvgIpc) is 2.79. The molecule has 0 aliphatic rings. The highest BCUT2D eigenvalue weighted by molar-refractivity contribution is 6.30. The largest absolute Gasteiger partial charge is 0.452 e. The van der Waals surface area contributed by atoms with Gasteiger partial charge >= 0.3 is 5.97 Å². The fraction of sp³-hybridized carbons (Fsp3) is 0.115. The molecule has 5 nitrogen and oxygen atoms in total. The smallest absolute Gasteiger partial charge is 0.339 e.